The minimum atomic E-state index is -0.200. The number of hydrogen-bond donors (Lipinski definition) is 1. The molecule has 3 rings (SSSR count). The summed E-state index contributed by atoms with van der Waals surface area (Å²) in [4.78, 5) is 17.0. The molecule has 2 aromatic heterocycles. The Kier molecular flexibility index (Phi) is 4.64. The van der Waals surface area contributed by atoms with Gasteiger partial charge in [-0.1, -0.05) is 23.7 Å². The lowest BCUT2D eigenvalue weighted by molar-refractivity contribution is -0.116. The molecule has 118 valence electrons. The minimum absolute atomic E-state index is 0.200. The van der Waals surface area contributed by atoms with Crippen molar-refractivity contribution in [2.45, 2.75) is 6.54 Å². The molecular weight excluding hydrogens is 334 g/mol. The number of imidazole rings is 1. The Morgan fingerprint density at radius 3 is 3.22 bits per heavy atom. The third-order valence-corrected chi connectivity index (χ3v) is 4.28. The van der Waals surface area contributed by atoms with Crippen LogP contribution in [0.4, 0.5) is 0 Å². The average molecular weight is 348 g/mol. The third-order valence-electron chi connectivity index (χ3n) is 3.25. The highest BCUT2D eigenvalue weighted by atomic mass is 35.5. The van der Waals surface area contributed by atoms with Crippen LogP contribution in [0.25, 0.3) is 11.0 Å². The highest BCUT2D eigenvalue weighted by Crippen LogP contribution is 2.22. The van der Waals surface area contributed by atoms with Crippen molar-refractivity contribution >= 4 is 39.9 Å². The predicted octanol–water partition coefficient (Wildman–Crippen LogP) is 3.39. The number of nitrogens with one attached hydrogen (secondary N) is 1. The Bertz CT molecular complexity index is 869. The largest absolute Gasteiger partial charge is 0.497 e. The lowest BCUT2D eigenvalue weighted by atomic mass is 10.2. The first-order valence-corrected chi connectivity index (χ1v) is 8.13. The third kappa shape index (κ3) is 3.55. The van der Waals surface area contributed by atoms with E-state index in [1.165, 1.54) is 17.4 Å². The van der Waals surface area contributed by atoms with Crippen molar-refractivity contribution < 1.29 is 9.53 Å². The van der Waals surface area contributed by atoms with Gasteiger partial charge in [-0.05, 0) is 23.8 Å². The summed E-state index contributed by atoms with van der Waals surface area (Å²) in [5, 5.41) is 5.12. The van der Waals surface area contributed by atoms with E-state index in [4.69, 9.17) is 16.3 Å². The number of methoxy groups -OCH3 is 1. The summed E-state index contributed by atoms with van der Waals surface area (Å²) >= 11 is 7.57. The molecule has 0 saturated carbocycles. The zero-order chi connectivity index (χ0) is 16.2. The van der Waals surface area contributed by atoms with Gasteiger partial charge in [0.2, 0.25) is 5.91 Å². The van der Waals surface area contributed by atoms with Crippen molar-refractivity contribution in [3.8, 4) is 5.75 Å². The number of rotatable bonds is 5. The number of thiazole rings is 1. The number of amides is 1. The molecule has 0 saturated heterocycles. The molecule has 7 heteroatoms. The summed E-state index contributed by atoms with van der Waals surface area (Å²) in [5.74, 6) is 0.562. The molecule has 0 atom stereocenters. The van der Waals surface area contributed by atoms with Crippen LogP contribution in [0.5, 0.6) is 5.75 Å². The van der Waals surface area contributed by atoms with Gasteiger partial charge in [0, 0.05) is 24.2 Å². The van der Waals surface area contributed by atoms with Crippen molar-refractivity contribution in [2.24, 2.45) is 0 Å². The highest BCUT2D eigenvalue weighted by Gasteiger charge is 2.08. The van der Waals surface area contributed by atoms with E-state index in [1.807, 2.05) is 40.2 Å². The maximum Gasteiger partial charge on any atom is 0.244 e. The Morgan fingerprint density at radius 2 is 2.39 bits per heavy atom. The van der Waals surface area contributed by atoms with Crippen LogP contribution in [-0.4, -0.2) is 22.4 Å². The smallest absolute Gasteiger partial charge is 0.244 e. The first-order valence-electron chi connectivity index (χ1n) is 6.87. The standard InChI is InChI=1S/C16H14ClN3O2S/c1-22-12-4-2-3-11(9-12)10-18-14(21)6-5-13-15(17)19-16-20(13)7-8-23-16/h2-9H,10H2,1H3,(H,18,21)/b6-5+. The van der Waals surface area contributed by atoms with E-state index in [0.717, 1.165) is 16.3 Å². The molecule has 0 fully saturated rings. The van der Waals surface area contributed by atoms with Crippen molar-refractivity contribution in [3.05, 3.63) is 58.3 Å². The normalized spacial score (nSPS) is 11.2. The second kappa shape index (κ2) is 6.85. The molecule has 3 aromatic rings. The summed E-state index contributed by atoms with van der Waals surface area (Å²) < 4.78 is 7.00. The number of halogens is 1. The van der Waals surface area contributed by atoms with Crippen LogP contribution in [0.2, 0.25) is 5.15 Å². The summed E-state index contributed by atoms with van der Waals surface area (Å²) in [7, 11) is 1.61. The van der Waals surface area contributed by atoms with E-state index < -0.39 is 0 Å². The van der Waals surface area contributed by atoms with Crippen LogP contribution in [0, 0.1) is 0 Å². The topological polar surface area (TPSA) is 55.6 Å². The molecule has 5 nitrogen and oxygen atoms in total. The number of carbonyl (C=O) groups is 1. The molecule has 0 aliphatic rings. The van der Waals surface area contributed by atoms with Gasteiger partial charge in [-0.25, -0.2) is 4.98 Å². The second-order valence-electron chi connectivity index (χ2n) is 4.75. The van der Waals surface area contributed by atoms with E-state index in [1.54, 1.807) is 13.2 Å². The van der Waals surface area contributed by atoms with Crippen LogP contribution in [0.1, 0.15) is 11.3 Å². The zero-order valence-corrected chi connectivity index (χ0v) is 13.9. The van der Waals surface area contributed by atoms with Gasteiger partial charge in [-0.15, -0.1) is 11.3 Å². The van der Waals surface area contributed by atoms with Crippen molar-refractivity contribution in [1.82, 2.24) is 14.7 Å². The second-order valence-corrected chi connectivity index (χ2v) is 5.98. The quantitative estimate of drug-likeness (QED) is 0.720. The molecule has 2 heterocycles. The fourth-order valence-corrected chi connectivity index (χ4v) is 3.12. The number of ether oxygens (including phenoxy) is 1. The van der Waals surface area contributed by atoms with E-state index in [-0.39, 0.29) is 5.91 Å². The van der Waals surface area contributed by atoms with Gasteiger partial charge in [0.05, 0.1) is 12.8 Å². The minimum Gasteiger partial charge on any atom is -0.497 e. The summed E-state index contributed by atoms with van der Waals surface area (Å²) in [6, 6.07) is 7.55. The first kappa shape index (κ1) is 15.6. The van der Waals surface area contributed by atoms with Crippen LogP contribution < -0.4 is 10.1 Å². The molecular formula is C16H14ClN3O2S. The number of carbonyl (C=O) groups excluding carboxylic acids is 1. The Labute approximate surface area is 142 Å². The fourth-order valence-electron chi connectivity index (χ4n) is 2.11. The lowest BCUT2D eigenvalue weighted by Gasteiger charge is -2.05. The summed E-state index contributed by atoms with van der Waals surface area (Å²) in [6.45, 7) is 0.425. The summed E-state index contributed by atoms with van der Waals surface area (Å²) in [5.41, 5.74) is 1.66. The molecule has 1 aromatic carbocycles. The highest BCUT2D eigenvalue weighted by molar-refractivity contribution is 7.15. The van der Waals surface area contributed by atoms with Gasteiger partial charge in [-0.3, -0.25) is 9.20 Å². The van der Waals surface area contributed by atoms with Gasteiger partial charge in [0.1, 0.15) is 5.75 Å². The van der Waals surface area contributed by atoms with Crippen LogP contribution in [0.3, 0.4) is 0 Å². The lowest BCUT2D eigenvalue weighted by Crippen LogP contribution is -2.20. The van der Waals surface area contributed by atoms with Crippen LogP contribution in [0.15, 0.2) is 41.9 Å². The van der Waals surface area contributed by atoms with Gasteiger partial charge >= 0.3 is 0 Å². The molecule has 0 unspecified atom stereocenters. The van der Waals surface area contributed by atoms with Crippen molar-refractivity contribution in [3.63, 3.8) is 0 Å². The molecule has 23 heavy (non-hydrogen) atoms. The van der Waals surface area contributed by atoms with Gasteiger partial charge in [-0.2, -0.15) is 0 Å². The maximum atomic E-state index is 12.0. The number of aromatic nitrogens is 2. The average Bonchev–Trinajstić information content (AvgIpc) is 3.12. The van der Waals surface area contributed by atoms with Gasteiger partial charge in [0.15, 0.2) is 10.1 Å². The summed E-state index contributed by atoms with van der Waals surface area (Å²) in [6.07, 6.45) is 4.98. The number of fused-ring (bicyclic) bond motifs is 1. The predicted molar refractivity (Wildman–Crippen MR) is 92.0 cm³/mol. The number of hydrogen-bond acceptors (Lipinski definition) is 4. The monoisotopic (exact) mass is 347 g/mol. The fraction of sp³-hybridized carbons (Fsp3) is 0.125. The molecule has 0 spiro atoms. The van der Waals surface area contributed by atoms with Gasteiger partial charge < -0.3 is 10.1 Å². The first-order chi connectivity index (χ1) is 11.2. The van der Waals surface area contributed by atoms with E-state index in [2.05, 4.69) is 10.3 Å². The Balaban J connectivity index is 1.65. The SMILES string of the molecule is COc1cccc(CNC(=O)/C=C/c2c(Cl)nc3sccn23)c1. The van der Waals surface area contributed by atoms with Crippen LogP contribution >= 0.6 is 22.9 Å². The Morgan fingerprint density at radius 1 is 1.52 bits per heavy atom. The molecule has 1 amide bonds. The van der Waals surface area contributed by atoms with Crippen molar-refractivity contribution in [2.75, 3.05) is 7.11 Å². The molecule has 1 N–H and O–H groups in total. The van der Waals surface area contributed by atoms with Crippen LogP contribution in [-0.2, 0) is 11.3 Å². The Hall–Kier alpha value is -2.31. The van der Waals surface area contributed by atoms with E-state index in [9.17, 15) is 4.79 Å². The zero-order valence-electron chi connectivity index (χ0n) is 12.3. The van der Waals surface area contributed by atoms with E-state index >= 15 is 0 Å². The van der Waals surface area contributed by atoms with Gasteiger partial charge in [0.25, 0.3) is 0 Å². The van der Waals surface area contributed by atoms with E-state index in [0.29, 0.717) is 17.4 Å². The molecule has 0 aliphatic heterocycles. The number of benzene rings is 1. The molecule has 0 bridgehead atoms. The molecule has 0 aliphatic carbocycles. The van der Waals surface area contributed by atoms with Crippen molar-refractivity contribution in [1.29, 1.82) is 0 Å². The maximum absolute atomic E-state index is 12.0. The molecule has 0 radical (unpaired) electrons. The number of nitrogens with zero attached hydrogens (tertiary/aromatic N) is 2.